The predicted octanol–water partition coefficient (Wildman–Crippen LogP) is 4.38. The number of carbonyl (C=O) groups excluding carboxylic acids is 3. The van der Waals surface area contributed by atoms with E-state index in [9.17, 15) is 14.4 Å². The van der Waals surface area contributed by atoms with Gasteiger partial charge in [-0.05, 0) is 88.2 Å². The molecule has 3 amide bonds. The number of rotatable bonds is 4. The number of nitrogens with zero attached hydrogens (tertiary/aromatic N) is 2. The highest BCUT2D eigenvalue weighted by atomic mass is 32.2. The fourth-order valence-electron chi connectivity index (χ4n) is 3.98. The van der Waals surface area contributed by atoms with Crippen LogP contribution in [-0.2, 0) is 4.74 Å². The van der Waals surface area contributed by atoms with Crippen molar-refractivity contribution in [3.05, 3.63) is 47.8 Å². The summed E-state index contributed by atoms with van der Waals surface area (Å²) in [6.45, 7) is 7.54. The zero-order valence-corrected chi connectivity index (χ0v) is 20.0. The first kappa shape index (κ1) is 23.2. The Morgan fingerprint density at radius 3 is 2.70 bits per heavy atom. The molecule has 9 heteroatoms. The third kappa shape index (κ3) is 5.71. The number of carbonyl (C=O) groups is 3. The maximum absolute atomic E-state index is 12.7. The second-order valence-electron chi connectivity index (χ2n) is 9.43. The zero-order valence-electron chi connectivity index (χ0n) is 19.2. The van der Waals surface area contributed by atoms with Crippen LogP contribution in [0.1, 0.15) is 60.9 Å². The maximum Gasteiger partial charge on any atom is 0.410 e. The first-order valence-electron chi connectivity index (χ1n) is 11.3. The number of aromatic nitrogens is 1. The second-order valence-corrected chi connectivity index (χ2v) is 10.4. The number of anilines is 1. The van der Waals surface area contributed by atoms with Crippen LogP contribution in [-0.4, -0.2) is 52.0 Å². The van der Waals surface area contributed by atoms with Crippen LogP contribution in [0, 0.1) is 5.92 Å². The van der Waals surface area contributed by atoms with Gasteiger partial charge in [0.15, 0.2) is 0 Å². The Morgan fingerprint density at radius 1 is 1.21 bits per heavy atom. The van der Waals surface area contributed by atoms with E-state index in [1.54, 1.807) is 23.1 Å². The monoisotopic (exact) mass is 470 g/mol. The van der Waals surface area contributed by atoms with E-state index in [1.165, 1.54) is 11.9 Å². The molecule has 0 saturated carbocycles. The van der Waals surface area contributed by atoms with Crippen LogP contribution in [0.3, 0.4) is 0 Å². The highest BCUT2D eigenvalue weighted by molar-refractivity contribution is 7.98. The largest absolute Gasteiger partial charge is 0.444 e. The number of fused-ring (bicyclic) bond motifs is 2. The average Bonchev–Trinajstić information content (AvgIpc) is 3.17. The Kier molecular flexibility index (Phi) is 6.69. The molecule has 0 spiro atoms. The molecule has 0 atom stereocenters. The van der Waals surface area contributed by atoms with Gasteiger partial charge in [0.25, 0.3) is 11.8 Å². The minimum atomic E-state index is -0.486. The first-order chi connectivity index (χ1) is 15.7. The molecule has 8 nitrogen and oxygen atoms in total. The number of hydrogen-bond donors (Lipinski definition) is 2. The van der Waals surface area contributed by atoms with E-state index >= 15 is 0 Å². The topological polar surface area (TPSA) is 92.7 Å². The lowest BCUT2D eigenvalue weighted by atomic mass is 9.94. The summed E-state index contributed by atoms with van der Waals surface area (Å²) >= 11 is 1.44. The summed E-state index contributed by atoms with van der Waals surface area (Å²) in [7, 11) is 0. The highest BCUT2D eigenvalue weighted by Gasteiger charge is 2.27. The SMILES string of the molecule is CC(C)(C)OC(=O)N1CCC(CCNC(=O)c2ccc3c(c2)NC(=O)c2cccn2S3)CC1. The Hall–Kier alpha value is -2.94. The van der Waals surface area contributed by atoms with E-state index in [-0.39, 0.29) is 17.9 Å². The van der Waals surface area contributed by atoms with Crippen molar-refractivity contribution in [3.8, 4) is 0 Å². The van der Waals surface area contributed by atoms with Gasteiger partial charge in [-0.3, -0.25) is 13.6 Å². The van der Waals surface area contributed by atoms with Crippen molar-refractivity contribution >= 4 is 35.5 Å². The molecular weight excluding hydrogens is 440 g/mol. The maximum atomic E-state index is 12.7. The summed E-state index contributed by atoms with van der Waals surface area (Å²) in [6, 6.07) is 8.95. The van der Waals surface area contributed by atoms with Crippen LogP contribution in [0.15, 0.2) is 41.4 Å². The molecule has 2 aromatic rings. The minimum absolute atomic E-state index is 0.160. The number of ether oxygens (including phenoxy) is 1. The van der Waals surface area contributed by atoms with Crippen molar-refractivity contribution in [3.63, 3.8) is 0 Å². The summed E-state index contributed by atoms with van der Waals surface area (Å²) in [5, 5.41) is 5.88. The predicted molar refractivity (Wildman–Crippen MR) is 128 cm³/mol. The smallest absolute Gasteiger partial charge is 0.410 e. The molecule has 0 unspecified atom stereocenters. The average molecular weight is 471 g/mol. The number of piperidine rings is 1. The molecule has 1 aromatic heterocycles. The summed E-state index contributed by atoms with van der Waals surface area (Å²) in [5.41, 5.74) is 1.23. The lowest BCUT2D eigenvalue weighted by Gasteiger charge is -2.33. The third-order valence-electron chi connectivity index (χ3n) is 5.74. The van der Waals surface area contributed by atoms with Crippen LogP contribution in [0.4, 0.5) is 10.5 Å². The molecule has 3 heterocycles. The highest BCUT2D eigenvalue weighted by Crippen LogP contribution is 2.34. The minimum Gasteiger partial charge on any atom is -0.444 e. The van der Waals surface area contributed by atoms with Gasteiger partial charge in [0.2, 0.25) is 0 Å². The molecule has 4 rings (SSSR count). The Labute approximate surface area is 198 Å². The molecule has 1 aromatic carbocycles. The van der Waals surface area contributed by atoms with Gasteiger partial charge in [-0.15, -0.1) is 0 Å². The van der Waals surface area contributed by atoms with Crippen LogP contribution >= 0.6 is 11.9 Å². The van der Waals surface area contributed by atoms with Crippen molar-refractivity contribution in [2.24, 2.45) is 5.92 Å². The molecule has 0 bridgehead atoms. The van der Waals surface area contributed by atoms with Crippen LogP contribution in [0.5, 0.6) is 0 Å². The molecule has 0 radical (unpaired) electrons. The van der Waals surface area contributed by atoms with Crippen molar-refractivity contribution in [1.82, 2.24) is 14.2 Å². The molecule has 2 N–H and O–H groups in total. The molecule has 1 fully saturated rings. The molecule has 2 aliphatic rings. The van der Waals surface area contributed by atoms with E-state index in [4.69, 9.17) is 4.74 Å². The molecule has 176 valence electrons. The third-order valence-corrected chi connectivity index (χ3v) is 6.80. The molecule has 33 heavy (non-hydrogen) atoms. The fourth-order valence-corrected chi connectivity index (χ4v) is 4.91. The van der Waals surface area contributed by atoms with Crippen LogP contribution < -0.4 is 10.6 Å². The van der Waals surface area contributed by atoms with Gasteiger partial charge >= 0.3 is 6.09 Å². The number of likely N-dealkylation sites (tertiary alicyclic amines) is 1. The van der Waals surface area contributed by atoms with Gasteiger partial charge in [-0.2, -0.15) is 0 Å². The van der Waals surface area contributed by atoms with Gasteiger partial charge < -0.3 is 20.3 Å². The van der Waals surface area contributed by atoms with Gasteiger partial charge in [0.05, 0.1) is 10.6 Å². The Morgan fingerprint density at radius 2 is 1.97 bits per heavy atom. The van der Waals surface area contributed by atoms with Crippen LogP contribution in [0.25, 0.3) is 0 Å². The number of nitrogens with one attached hydrogen (secondary N) is 2. The van der Waals surface area contributed by atoms with E-state index in [2.05, 4.69) is 10.6 Å². The number of benzene rings is 1. The van der Waals surface area contributed by atoms with E-state index in [0.717, 1.165) is 24.2 Å². The lowest BCUT2D eigenvalue weighted by Crippen LogP contribution is -2.42. The Balaban J connectivity index is 1.25. The van der Waals surface area contributed by atoms with Gasteiger partial charge in [-0.25, -0.2) is 4.79 Å². The normalized spacial score (nSPS) is 16.3. The fraction of sp³-hybridized carbons (Fsp3) is 0.458. The van der Waals surface area contributed by atoms with Gasteiger partial charge in [0, 0.05) is 31.4 Å². The van der Waals surface area contributed by atoms with Gasteiger partial charge in [-0.1, -0.05) is 0 Å². The van der Waals surface area contributed by atoms with Crippen molar-refractivity contribution < 1.29 is 19.1 Å². The van der Waals surface area contributed by atoms with Crippen molar-refractivity contribution in [2.75, 3.05) is 25.0 Å². The van der Waals surface area contributed by atoms with E-state index in [1.807, 2.05) is 43.1 Å². The number of hydrogen-bond acceptors (Lipinski definition) is 5. The second kappa shape index (κ2) is 9.51. The van der Waals surface area contributed by atoms with Crippen molar-refractivity contribution in [2.45, 2.75) is 50.5 Å². The summed E-state index contributed by atoms with van der Waals surface area (Å²) in [6.07, 6.45) is 4.25. The lowest BCUT2D eigenvalue weighted by molar-refractivity contribution is 0.0181. The summed E-state index contributed by atoms with van der Waals surface area (Å²) in [4.78, 5) is 39.9. The van der Waals surface area contributed by atoms with E-state index < -0.39 is 5.60 Å². The van der Waals surface area contributed by atoms with Gasteiger partial charge in [0.1, 0.15) is 11.3 Å². The van der Waals surface area contributed by atoms with Crippen molar-refractivity contribution in [1.29, 1.82) is 0 Å². The first-order valence-corrected chi connectivity index (χ1v) is 12.0. The molecular formula is C24H30N4O4S. The summed E-state index contributed by atoms with van der Waals surface area (Å²) in [5.74, 6) is 0.107. The van der Waals surface area contributed by atoms with Crippen LogP contribution in [0.2, 0.25) is 0 Å². The molecule has 0 aliphatic carbocycles. The molecule has 1 saturated heterocycles. The molecule has 2 aliphatic heterocycles. The van der Waals surface area contributed by atoms with E-state index in [0.29, 0.717) is 42.5 Å². The summed E-state index contributed by atoms with van der Waals surface area (Å²) < 4.78 is 7.26. The number of amides is 3. The standard InChI is InChI=1S/C24H30N4O4S/c1-24(2,3)32-23(31)27-13-9-16(10-14-27)8-11-25-21(29)17-6-7-20-18(15-17)26-22(30)19-5-4-12-28(19)33-20/h4-7,12,15-16H,8-11,13-14H2,1-3H3,(H,25,29)(H,26,30). The quantitative estimate of drug-likeness (QED) is 0.692. The zero-order chi connectivity index (χ0) is 23.6. The Bertz CT molecular complexity index is 1050.